The zero-order valence-electron chi connectivity index (χ0n) is 14.3. The van der Waals surface area contributed by atoms with E-state index in [9.17, 15) is 9.59 Å². The summed E-state index contributed by atoms with van der Waals surface area (Å²) >= 11 is 0. The molecule has 2 fully saturated rings. The molecule has 2 aliphatic rings. The predicted molar refractivity (Wildman–Crippen MR) is 88.4 cm³/mol. The van der Waals surface area contributed by atoms with E-state index in [0.29, 0.717) is 19.5 Å². The fraction of sp³-hybridized carbons (Fsp3) is 0.750. The Balaban J connectivity index is 1.41. The summed E-state index contributed by atoms with van der Waals surface area (Å²) in [4.78, 5) is 27.6. The van der Waals surface area contributed by atoms with Gasteiger partial charge in [0.1, 0.15) is 12.2 Å². The van der Waals surface area contributed by atoms with Crippen LogP contribution in [0.1, 0.15) is 43.8 Å². The maximum absolute atomic E-state index is 12.4. The van der Waals surface area contributed by atoms with Crippen LogP contribution in [0.2, 0.25) is 0 Å². The Morgan fingerprint density at radius 1 is 1.38 bits per heavy atom. The summed E-state index contributed by atoms with van der Waals surface area (Å²) in [6, 6.07) is -0.0189. The molecule has 2 saturated heterocycles. The minimum absolute atomic E-state index is 0.0189. The maximum atomic E-state index is 12.4. The lowest BCUT2D eigenvalue weighted by Gasteiger charge is -2.32. The van der Waals surface area contributed by atoms with Gasteiger partial charge in [0, 0.05) is 52.1 Å². The van der Waals surface area contributed by atoms with Crippen LogP contribution in [-0.2, 0) is 11.8 Å². The summed E-state index contributed by atoms with van der Waals surface area (Å²) in [6.07, 6.45) is 6.15. The lowest BCUT2D eigenvalue weighted by atomic mass is 9.97. The molecule has 3 heterocycles. The summed E-state index contributed by atoms with van der Waals surface area (Å²) in [6.45, 7) is 3.67. The molecule has 3 amide bonds. The Kier molecular flexibility index (Phi) is 5.32. The molecule has 0 bridgehead atoms. The van der Waals surface area contributed by atoms with Crippen molar-refractivity contribution in [2.24, 2.45) is 7.05 Å². The molecule has 0 spiro atoms. The molecule has 8 heteroatoms. The standard InChI is InChI=1S/C16H26N6O2/c1-20-12-18-19-15(20)13-5-2-9-22(11-13)16(24)17-7-4-10-21-8-3-6-14(21)23/h12-13H,2-11H2,1H3,(H,17,24)/t13-/m1/s1. The molecule has 1 aromatic heterocycles. The molecule has 1 N–H and O–H groups in total. The van der Waals surface area contributed by atoms with E-state index >= 15 is 0 Å². The van der Waals surface area contributed by atoms with Crippen molar-refractivity contribution in [1.82, 2.24) is 29.9 Å². The van der Waals surface area contributed by atoms with E-state index in [1.807, 2.05) is 21.4 Å². The monoisotopic (exact) mass is 334 g/mol. The first-order chi connectivity index (χ1) is 11.6. The number of aryl methyl sites for hydroxylation is 1. The van der Waals surface area contributed by atoms with E-state index in [1.54, 1.807) is 6.33 Å². The second-order valence-electron chi connectivity index (χ2n) is 6.66. The molecular formula is C16H26N6O2. The molecule has 3 rings (SSSR count). The van der Waals surface area contributed by atoms with Crippen molar-refractivity contribution in [1.29, 1.82) is 0 Å². The fourth-order valence-electron chi connectivity index (χ4n) is 3.55. The van der Waals surface area contributed by atoms with Crippen molar-refractivity contribution in [3.63, 3.8) is 0 Å². The van der Waals surface area contributed by atoms with Crippen LogP contribution in [-0.4, -0.2) is 69.2 Å². The van der Waals surface area contributed by atoms with Crippen molar-refractivity contribution < 1.29 is 9.59 Å². The van der Waals surface area contributed by atoms with Crippen molar-refractivity contribution >= 4 is 11.9 Å². The lowest BCUT2D eigenvalue weighted by Crippen LogP contribution is -2.45. The molecule has 132 valence electrons. The van der Waals surface area contributed by atoms with Crippen LogP contribution in [0.3, 0.4) is 0 Å². The second-order valence-corrected chi connectivity index (χ2v) is 6.66. The van der Waals surface area contributed by atoms with Gasteiger partial charge in [-0.05, 0) is 25.7 Å². The van der Waals surface area contributed by atoms with Gasteiger partial charge in [-0.2, -0.15) is 0 Å². The maximum Gasteiger partial charge on any atom is 0.317 e. The summed E-state index contributed by atoms with van der Waals surface area (Å²) < 4.78 is 1.93. The third-order valence-corrected chi connectivity index (χ3v) is 4.87. The highest BCUT2D eigenvalue weighted by Gasteiger charge is 2.27. The molecule has 0 aromatic carbocycles. The van der Waals surface area contributed by atoms with Crippen LogP contribution < -0.4 is 5.32 Å². The number of carbonyl (C=O) groups is 2. The van der Waals surface area contributed by atoms with E-state index in [-0.39, 0.29) is 17.9 Å². The van der Waals surface area contributed by atoms with E-state index in [2.05, 4.69) is 15.5 Å². The van der Waals surface area contributed by atoms with Gasteiger partial charge in [0.05, 0.1) is 0 Å². The number of nitrogens with zero attached hydrogens (tertiary/aromatic N) is 5. The molecule has 24 heavy (non-hydrogen) atoms. The first-order valence-electron chi connectivity index (χ1n) is 8.79. The summed E-state index contributed by atoms with van der Waals surface area (Å²) in [5.41, 5.74) is 0. The Morgan fingerprint density at radius 3 is 2.96 bits per heavy atom. The van der Waals surface area contributed by atoms with Crippen LogP contribution in [0, 0.1) is 0 Å². The molecule has 0 aliphatic carbocycles. The van der Waals surface area contributed by atoms with E-state index in [0.717, 1.165) is 51.1 Å². The minimum atomic E-state index is -0.0189. The molecule has 0 saturated carbocycles. The number of piperidine rings is 1. The quantitative estimate of drug-likeness (QED) is 0.804. The van der Waals surface area contributed by atoms with Crippen molar-refractivity contribution in [3.05, 3.63) is 12.2 Å². The number of hydrogen-bond acceptors (Lipinski definition) is 4. The van der Waals surface area contributed by atoms with Crippen LogP contribution in [0.15, 0.2) is 6.33 Å². The number of rotatable bonds is 5. The topological polar surface area (TPSA) is 83.4 Å². The molecule has 0 unspecified atom stereocenters. The molecule has 1 aromatic rings. The van der Waals surface area contributed by atoms with Crippen molar-refractivity contribution in [3.8, 4) is 0 Å². The zero-order valence-corrected chi connectivity index (χ0v) is 14.3. The van der Waals surface area contributed by atoms with E-state index < -0.39 is 0 Å². The number of nitrogens with one attached hydrogen (secondary N) is 1. The van der Waals surface area contributed by atoms with Gasteiger partial charge in [-0.1, -0.05) is 0 Å². The van der Waals surface area contributed by atoms with Crippen molar-refractivity contribution in [2.45, 2.75) is 38.0 Å². The van der Waals surface area contributed by atoms with Crippen LogP contribution in [0.25, 0.3) is 0 Å². The highest BCUT2D eigenvalue weighted by molar-refractivity contribution is 5.78. The second kappa shape index (κ2) is 7.63. The summed E-state index contributed by atoms with van der Waals surface area (Å²) in [5.74, 6) is 1.43. The highest BCUT2D eigenvalue weighted by Crippen LogP contribution is 2.24. The number of carbonyl (C=O) groups excluding carboxylic acids is 2. The van der Waals surface area contributed by atoms with Gasteiger partial charge in [0.25, 0.3) is 0 Å². The third kappa shape index (κ3) is 3.85. The van der Waals surface area contributed by atoms with Crippen LogP contribution in [0.5, 0.6) is 0 Å². The molecule has 1 atom stereocenters. The highest BCUT2D eigenvalue weighted by atomic mass is 16.2. The van der Waals surface area contributed by atoms with Crippen LogP contribution >= 0.6 is 0 Å². The Bertz CT molecular complexity index is 587. The molecule has 2 aliphatic heterocycles. The van der Waals surface area contributed by atoms with Gasteiger partial charge in [0.15, 0.2) is 0 Å². The largest absolute Gasteiger partial charge is 0.343 e. The lowest BCUT2D eigenvalue weighted by molar-refractivity contribution is -0.127. The van der Waals surface area contributed by atoms with Gasteiger partial charge in [0.2, 0.25) is 5.91 Å². The van der Waals surface area contributed by atoms with Gasteiger partial charge in [-0.25, -0.2) is 4.79 Å². The summed E-state index contributed by atoms with van der Waals surface area (Å²) in [7, 11) is 1.94. The third-order valence-electron chi connectivity index (χ3n) is 4.87. The number of amides is 3. The number of likely N-dealkylation sites (tertiary alicyclic amines) is 2. The number of aromatic nitrogens is 3. The average molecular weight is 334 g/mol. The van der Waals surface area contributed by atoms with Crippen LogP contribution in [0.4, 0.5) is 4.79 Å². The van der Waals surface area contributed by atoms with Crippen molar-refractivity contribution in [2.75, 3.05) is 32.7 Å². The van der Waals surface area contributed by atoms with Gasteiger partial charge in [-0.3, -0.25) is 4.79 Å². The Hall–Kier alpha value is -2.12. The average Bonchev–Trinajstić information content (AvgIpc) is 3.20. The number of hydrogen-bond donors (Lipinski definition) is 1. The zero-order chi connectivity index (χ0) is 16.9. The first-order valence-corrected chi connectivity index (χ1v) is 8.79. The van der Waals surface area contributed by atoms with E-state index in [1.165, 1.54) is 0 Å². The predicted octanol–water partition coefficient (Wildman–Crippen LogP) is 0.717. The van der Waals surface area contributed by atoms with Gasteiger partial charge >= 0.3 is 6.03 Å². The molecular weight excluding hydrogens is 308 g/mol. The number of urea groups is 1. The SMILES string of the molecule is Cn1cnnc1[C@@H]1CCCN(C(=O)NCCCN2CCCC2=O)C1. The Morgan fingerprint density at radius 2 is 2.25 bits per heavy atom. The minimum Gasteiger partial charge on any atom is -0.343 e. The smallest absolute Gasteiger partial charge is 0.317 e. The fourth-order valence-corrected chi connectivity index (χ4v) is 3.55. The first kappa shape index (κ1) is 16.7. The normalized spacial score (nSPS) is 21.4. The molecule has 0 radical (unpaired) electrons. The summed E-state index contributed by atoms with van der Waals surface area (Å²) in [5, 5.41) is 11.1. The van der Waals surface area contributed by atoms with Gasteiger partial charge < -0.3 is 19.7 Å². The molecule has 8 nitrogen and oxygen atoms in total. The Labute approximate surface area is 142 Å². The van der Waals surface area contributed by atoms with Gasteiger partial charge in [-0.15, -0.1) is 10.2 Å². The van der Waals surface area contributed by atoms with E-state index in [4.69, 9.17) is 0 Å².